The van der Waals surface area contributed by atoms with Gasteiger partial charge in [0, 0.05) is 19.2 Å². The summed E-state index contributed by atoms with van der Waals surface area (Å²) in [6.07, 6.45) is -2.70. The number of nitro groups is 1. The van der Waals surface area contributed by atoms with Gasteiger partial charge < -0.3 is 15.0 Å². The number of ether oxygens (including phenoxy) is 1. The van der Waals surface area contributed by atoms with Crippen LogP contribution in [0.5, 0.6) is 5.75 Å². The Labute approximate surface area is 164 Å². The van der Waals surface area contributed by atoms with Crippen LogP contribution < -0.4 is 15.0 Å². The zero-order valence-electron chi connectivity index (χ0n) is 15.2. The highest BCUT2D eigenvalue weighted by molar-refractivity contribution is 5.95. The van der Waals surface area contributed by atoms with Gasteiger partial charge >= 0.3 is 6.18 Å². The average Bonchev–Trinajstić information content (AvgIpc) is 3.20. The van der Waals surface area contributed by atoms with E-state index < -0.39 is 29.2 Å². The van der Waals surface area contributed by atoms with Gasteiger partial charge in [-0.3, -0.25) is 14.9 Å². The first-order valence-electron chi connectivity index (χ1n) is 8.87. The van der Waals surface area contributed by atoms with E-state index in [4.69, 9.17) is 4.74 Å². The predicted molar refractivity (Wildman–Crippen MR) is 100 cm³/mol. The maximum atomic E-state index is 13.1. The lowest BCUT2D eigenvalue weighted by Gasteiger charge is -2.23. The SMILES string of the molecule is O=C(COc1cccc([N+](=O)[O-])c1)Nc1cc(C(F)(F)F)ccc1N1CCCC1. The zero-order valence-corrected chi connectivity index (χ0v) is 15.2. The van der Waals surface area contributed by atoms with Crippen molar-refractivity contribution in [1.82, 2.24) is 0 Å². The van der Waals surface area contributed by atoms with Gasteiger partial charge in [-0.25, -0.2) is 0 Å². The molecule has 7 nitrogen and oxygen atoms in total. The van der Waals surface area contributed by atoms with E-state index in [9.17, 15) is 28.1 Å². The number of anilines is 2. The molecule has 1 aliphatic rings. The lowest BCUT2D eigenvalue weighted by molar-refractivity contribution is -0.384. The van der Waals surface area contributed by atoms with E-state index in [0.717, 1.165) is 31.0 Å². The fourth-order valence-electron chi connectivity index (χ4n) is 3.07. The number of hydrogen-bond donors (Lipinski definition) is 1. The number of carbonyl (C=O) groups is 1. The molecule has 0 spiro atoms. The predicted octanol–water partition coefficient (Wildman–Crippen LogP) is 4.23. The summed E-state index contributed by atoms with van der Waals surface area (Å²) in [5.74, 6) is -0.561. The van der Waals surface area contributed by atoms with Crippen LogP contribution in [0.15, 0.2) is 42.5 Å². The molecule has 0 unspecified atom stereocenters. The molecule has 0 bridgehead atoms. The van der Waals surface area contributed by atoms with Crippen molar-refractivity contribution in [2.75, 3.05) is 29.9 Å². The van der Waals surface area contributed by atoms with E-state index in [1.807, 2.05) is 4.90 Å². The molecule has 0 aromatic heterocycles. The van der Waals surface area contributed by atoms with E-state index in [2.05, 4.69) is 5.32 Å². The van der Waals surface area contributed by atoms with E-state index in [-0.39, 0.29) is 17.1 Å². The normalized spacial score (nSPS) is 14.0. The minimum Gasteiger partial charge on any atom is -0.484 e. The van der Waals surface area contributed by atoms with Gasteiger partial charge in [0.1, 0.15) is 5.75 Å². The first-order valence-corrected chi connectivity index (χ1v) is 8.87. The maximum absolute atomic E-state index is 13.1. The second kappa shape index (κ2) is 8.38. The Hall–Kier alpha value is -3.30. The topological polar surface area (TPSA) is 84.7 Å². The Morgan fingerprint density at radius 2 is 1.90 bits per heavy atom. The smallest absolute Gasteiger partial charge is 0.416 e. The molecule has 2 aromatic rings. The highest BCUT2D eigenvalue weighted by atomic mass is 19.4. The summed E-state index contributed by atoms with van der Waals surface area (Å²) in [5.41, 5.74) is -0.499. The number of nitrogens with zero attached hydrogens (tertiary/aromatic N) is 2. The van der Waals surface area contributed by atoms with Gasteiger partial charge in [0.25, 0.3) is 11.6 Å². The number of alkyl halides is 3. The van der Waals surface area contributed by atoms with E-state index in [0.29, 0.717) is 18.8 Å². The monoisotopic (exact) mass is 409 g/mol. The van der Waals surface area contributed by atoms with Crippen LogP contribution in [0.2, 0.25) is 0 Å². The fourth-order valence-corrected chi connectivity index (χ4v) is 3.07. The number of carbonyl (C=O) groups excluding carboxylic acids is 1. The number of non-ortho nitro benzene ring substituents is 1. The molecule has 2 aromatic carbocycles. The molecule has 154 valence electrons. The van der Waals surface area contributed by atoms with Crippen LogP contribution in [0, 0.1) is 10.1 Å². The van der Waals surface area contributed by atoms with Gasteiger partial charge in [0.05, 0.1) is 27.9 Å². The minimum absolute atomic E-state index is 0.0503. The number of benzene rings is 2. The molecule has 1 fully saturated rings. The quantitative estimate of drug-likeness (QED) is 0.570. The second-order valence-corrected chi connectivity index (χ2v) is 6.52. The van der Waals surface area contributed by atoms with Crippen molar-refractivity contribution in [3.8, 4) is 5.75 Å². The van der Waals surface area contributed by atoms with Crippen LogP contribution in [-0.2, 0) is 11.0 Å². The van der Waals surface area contributed by atoms with E-state index in [1.165, 1.54) is 24.3 Å². The molecular formula is C19H18F3N3O4. The molecule has 0 aliphatic carbocycles. The third-order valence-corrected chi connectivity index (χ3v) is 4.44. The van der Waals surface area contributed by atoms with Gasteiger partial charge in [0.15, 0.2) is 6.61 Å². The van der Waals surface area contributed by atoms with Gasteiger partial charge in [-0.05, 0) is 37.1 Å². The molecule has 1 aliphatic heterocycles. The summed E-state index contributed by atoms with van der Waals surface area (Å²) in [6.45, 7) is 0.883. The Morgan fingerprint density at radius 1 is 1.17 bits per heavy atom. The Bertz CT molecular complexity index is 912. The summed E-state index contributed by atoms with van der Waals surface area (Å²) >= 11 is 0. The average molecular weight is 409 g/mol. The molecule has 1 amide bonds. The largest absolute Gasteiger partial charge is 0.484 e. The summed E-state index contributed by atoms with van der Waals surface area (Å²) < 4.78 is 44.5. The van der Waals surface area contributed by atoms with Crippen LogP contribution in [0.1, 0.15) is 18.4 Å². The van der Waals surface area contributed by atoms with Crippen LogP contribution in [0.25, 0.3) is 0 Å². The van der Waals surface area contributed by atoms with Gasteiger partial charge in [-0.1, -0.05) is 6.07 Å². The number of rotatable bonds is 6. The number of amides is 1. The fraction of sp³-hybridized carbons (Fsp3) is 0.316. The number of hydrogen-bond acceptors (Lipinski definition) is 5. The summed E-state index contributed by atoms with van der Waals surface area (Å²) in [5, 5.41) is 13.3. The Kier molecular flexibility index (Phi) is 5.90. The van der Waals surface area contributed by atoms with E-state index >= 15 is 0 Å². The summed E-state index contributed by atoms with van der Waals surface area (Å²) in [7, 11) is 0. The number of halogens is 3. The van der Waals surface area contributed by atoms with Crippen molar-refractivity contribution in [1.29, 1.82) is 0 Å². The summed E-state index contributed by atoms with van der Waals surface area (Å²) in [6, 6.07) is 8.53. The van der Waals surface area contributed by atoms with Crippen LogP contribution in [0.4, 0.5) is 30.2 Å². The number of nitro benzene ring substituents is 1. The molecule has 0 saturated carbocycles. The minimum atomic E-state index is -4.54. The van der Waals surface area contributed by atoms with E-state index in [1.54, 1.807) is 0 Å². The third-order valence-electron chi connectivity index (χ3n) is 4.44. The van der Waals surface area contributed by atoms with Crippen molar-refractivity contribution >= 4 is 23.0 Å². The molecule has 1 saturated heterocycles. The van der Waals surface area contributed by atoms with Crippen LogP contribution in [-0.4, -0.2) is 30.5 Å². The van der Waals surface area contributed by atoms with Gasteiger partial charge in [0.2, 0.25) is 0 Å². The van der Waals surface area contributed by atoms with Crippen molar-refractivity contribution in [3.63, 3.8) is 0 Å². The van der Waals surface area contributed by atoms with Crippen molar-refractivity contribution in [2.45, 2.75) is 19.0 Å². The number of nitrogens with one attached hydrogen (secondary N) is 1. The third kappa shape index (κ3) is 5.15. The zero-order chi connectivity index (χ0) is 21.0. The lowest BCUT2D eigenvalue weighted by Crippen LogP contribution is -2.24. The summed E-state index contributed by atoms with van der Waals surface area (Å²) in [4.78, 5) is 24.4. The lowest BCUT2D eigenvalue weighted by atomic mass is 10.1. The molecule has 1 N–H and O–H groups in total. The van der Waals surface area contributed by atoms with Crippen molar-refractivity contribution in [3.05, 3.63) is 58.1 Å². The molecule has 0 atom stereocenters. The first kappa shape index (κ1) is 20.4. The molecule has 1 heterocycles. The van der Waals surface area contributed by atoms with Gasteiger partial charge in [-0.15, -0.1) is 0 Å². The van der Waals surface area contributed by atoms with Gasteiger partial charge in [-0.2, -0.15) is 13.2 Å². The molecule has 3 rings (SSSR count). The highest BCUT2D eigenvalue weighted by Gasteiger charge is 2.32. The first-order chi connectivity index (χ1) is 13.7. The van der Waals surface area contributed by atoms with Crippen LogP contribution >= 0.6 is 0 Å². The Morgan fingerprint density at radius 3 is 2.55 bits per heavy atom. The van der Waals surface area contributed by atoms with Crippen LogP contribution in [0.3, 0.4) is 0 Å². The molecule has 29 heavy (non-hydrogen) atoms. The molecular weight excluding hydrogens is 391 g/mol. The van der Waals surface area contributed by atoms with Crippen molar-refractivity contribution < 1.29 is 27.6 Å². The standard InChI is InChI=1S/C19H18F3N3O4/c20-19(21,22)13-6-7-17(24-8-1-2-9-24)16(10-13)23-18(26)12-29-15-5-3-4-14(11-15)25(27)28/h3-7,10-11H,1-2,8-9,12H2,(H,23,26). The highest BCUT2D eigenvalue weighted by Crippen LogP contribution is 2.36. The Balaban J connectivity index is 1.74. The molecule has 0 radical (unpaired) electrons. The second-order valence-electron chi connectivity index (χ2n) is 6.52. The maximum Gasteiger partial charge on any atom is 0.416 e. The molecule has 10 heteroatoms. The van der Waals surface area contributed by atoms with Crippen molar-refractivity contribution in [2.24, 2.45) is 0 Å².